The number of carboxylic acid groups (broad SMARTS) is 1. The molecule has 1 amide bonds. The third kappa shape index (κ3) is 2.91. The Morgan fingerprint density at radius 3 is 2.61 bits per heavy atom. The van der Waals surface area contributed by atoms with Gasteiger partial charge in [-0.3, -0.25) is 4.79 Å². The van der Waals surface area contributed by atoms with Crippen LogP contribution < -0.4 is 5.32 Å². The number of nitrogens with one attached hydrogen (secondary N) is 1. The lowest BCUT2D eigenvalue weighted by molar-refractivity contribution is -0.144. The molecule has 0 saturated heterocycles. The Labute approximate surface area is 106 Å². The molecular formula is C13H19NO4. The Morgan fingerprint density at radius 1 is 1.44 bits per heavy atom. The number of carbonyl (C=O) groups is 2. The lowest BCUT2D eigenvalue weighted by Crippen LogP contribution is -2.52. The number of aliphatic carboxylic acids is 1. The van der Waals surface area contributed by atoms with E-state index < -0.39 is 17.4 Å². The molecule has 0 saturated carbocycles. The average Bonchev–Trinajstić information content (AvgIpc) is 2.76. The van der Waals surface area contributed by atoms with Crippen LogP contribution in [0.3, 0.4) is 0 Å². The van der Waals surface area contributed by atoms with E-state index >= 15 is 0 Å². The van der Waals surface area contributed by atoms with Gasteiger partial charge in [0.15, 0.2) is 0 Å². The summed E-state index contributed by atoms with van der Waals surface area (Å²) in [5.41, 5.74) is -0.838. The van der Waals surface area contributed by atoms with Gasteiger partial charge in [0.2, 0.25) is 0 Å². The second kappa shape index (κ2) is 5.71. The van der Waals surface area contributed by atoms with Gasteiger partial charge in [-0.1, -0.05) is 20.3 Å². The highest BCUT2D eigenvalue weighted by Crippen LogP contribution is 2.16. The van der Waals surface area contributed by atoms with Crippen LogP contribution in [0.2, 0.25) is 0 Å². The predicted molar refractivity (Wildman–Crippen MR) is 66.5 cm³/mol. The molecule has 0 aliphatic carbocycles. The van der Waals surface area contributed by atoms with Crippen LogP contribution in [0.1, 0.15) is 49.7 Å². The topological polar surface area (TPSA) is 79.5 Å². The summed E-state index contributed by atoms with van der Waals surface area (Å²) < 4.78 is 5.16. The quantitative estimate of drug-likeness (QED) is 0.814. The molecular weight excluding hydrogens is 234 g/mol. The Bertz CT molecular complexity index is 438. The van der Waals surface area contributed by atoms with Crippen molar-refractivity contribution in [1.82, 2.24) is 5.32 Å². The minimum absolute atomic E-state index is 0.382. The molecule has 18 heavy (non-hydrogen) atoms. The van der Waals surface area contributed by atoms with Crippen molar-refractivity contribution < 1.29 is 19.1 Å². The minimum atomic E-state index is -1.24. The largest absolute Gasteiger partial charge is 0.480 e. The number of amides is 1. The van der Waals surface area contributed by atoms with E-state index in [4.69, 9.17) is 4.42 Å². The van der Waals surface area contributed by atoms with E-state index in [-0.39, 0.29) is 0 Å². The van der Waals surface area contributed by atoms with Crippen molar-refractivity contribution >= 4 is 11.9 Å². The van der Waals surface area contributed by atoms with E-state index in [2.05, 4.69) is 5.32 Å². The second-order valence-electron chi connectivity index (χ2n) is 4.45. The highest BCUT2D eigenvalue weighted by atomic mass is 16.4. The molecule has 0 bridgehead atoms. The van der Waals surface area contributed by atoms with Crippen LogP contribution in [-0.2, 0) is 11.2 Å². The zero-order valence-corrected chi connectivity index (χ0v) is 10.9. The van der Waals surface area contributed by atoms with Gasteiger partial charge in [0, 0.05) is 6.42 Å². The zero-order chi connectivity index (χ0) is 13.8. The fourth-order valence-electron chi connectivity index (χ4n) is 1.86. The molecule has 1 unspecified atom stereocenters. The SMILES string of the molecule is CCCC(C)(NC(=O)c1ccoc1CC)C(=O)O. The molecule has 0 fully saturated rings. The van der Waals surface area contributed by atoms with E-state index in [1.54, 1.807) is 6.07 Å². The average molecular weight is 253 g/mol. The number of hydrogen-bond acceptors (Lipinski definition) is 3. The molecule has 1 atom stereocenters. The van der Waals surface area contributed by atoms with E-state index in [9.17, 15) is 14.7 Å². The standard InChI is InChI=1S/C13H19NO4/c1-4-7-13(3,12(16)17)14-11(15)9-6-8-18-10(9)5-2/h6,8H,4-5,7H2,1-3H3,(H,14,15)(H,16,17). The Kier molecular flexibility index (Phi) is 4.53. The summed E-state index contributed by atoms with van der Waals surface area (Å²) in [6.07, 6.45) is 3.08. The van der Waals surface area contributed by atoms with Crippen molar-refractivity contribution in [3.05, 3.63) is 23.7 Å². The first kappa shape index (κ1) is 14.3. The van der Waals surface area contributed by atoms with Crippen LogP contribution in [0.4, 0.5) is 0 Å². The monoisotopic (exact) mass is 253 g/mol. The molecule has 0 aliphatic heterocycles. The van der Waals surface area contributed by atoms with E-state index in [1.165, 1.54) is 13.2 Å². The van der Waals surface area contributed by atoms with Crippen LogP contribution in [0.5, 0.6) is 0 Å². The molecule has 5 nitrogen and oxygen atoms in total. The van der Waals surface area contributed by atoms with Gasteiger partial charge in [-0.15, -0.1) is 0 Å². The molecule has 2 N–H and O–H groups in total. The lowest BCUT2D eigenvalue weighted by atomic mass is 9.95. The summed E-state index contributed by atoms with van der Waals surface area (Å²) in [5, 5.41) is 11.8. The van der Waals surface area contributed by atoms with E-state index in [0.29, 0.717) is 30.6 Å². The molecule has 0 spiro atoms. The third-order valence-corrected chi connectivity index (χ3v) is 2.92. The van der Waals surface area contributed by atoms with Crippen LogP contribution in [0.15, 0.2) is 16.7 Å². The molecule has 5 heteroatoms. The van der Waals surface area contributed by atoms with Gasteiger partial charge in [-0.25, -0.2) is 4.79 Å². The molecule has 1 rings (SSSR count). The van der Waals surface area contributed by atoms with Gasteiger partial charge in [-0.2, -0.15) is 0 Å². The maximum atomic E-state index is 12.0. The Morgan fingerprint density at radius 2 is 2.11 bits per heavy atom. The summed E-state index contributed by atoms with van der Waals surface area (Å²) in [7, 11) is 0. The zero-order valence-electron chi connectivity index (χ0n) is 10.9. The van der Waals surface area contributed by atoms with Crippen LogP contribution in [0.25, 0.3) is 0 Å². The first-order valence-corrected chi connectivity index (χ1v) is 6.07. The van der Waals surface area contributed by atoms with Gasteiger partial charge in [0.05, 0.1) is 11.8 Å². The van der Waals surface area contributed by atoms with Crippen molar-refractivity contribution in [3.63, 3.8) is 0 Å². The van der Waals surface area contributed by atoms with Crippen LogP contribution in [0, 0.1) is 0 Å². The summed E-state index contributed by atoms with van der Waals surface area (Å²) in [4.78, 5) is 23.3. The number of rotatable bonds is 6. The normalized spacial score (nSPS) is 13.9. The molecule has 0 aliphatic rings. The first-order valence-electron chi connectivity index (χ1n) is 6.07. The maximum Gasteiger partial charge on any atom is 0.329 e. The summed E-state index contributed by atoms with van der Waals surface area (Å²) in [6, 6.07) is 1.56. The Hall–Kier alpha value is -1.78. The smallest absolute Gasteiger partial charge is 0.329 e. The summed E-state index contributed by atoms with van der Waals surface area (Å²) >= 11 is 0. The summed E-state index contributed by atoms with van der Waals surface area (Å²) in [5.74, 6) is -0.866. The van der Waals surface area contributed by atoms with Crippen molar-refractivity contribution in [3.8, 4) is 0 Å². The van der Waals surface area contributed by atoms with Crippen molar-refractivity contribution in [2.45, 2.75) is 45.6 Å². The molecule has 1 aromatic heterocycles. The second-order valence-corrected chi connectivity index (χ2v) is 4.45. The van der Waals surface area contributed by atoms with Gasteiger partial charge < -0.3 is 14.8 Å². The van der Waals surface area contributed by atoms with Gasteiger partial charge in [-0.05, 0) is 19.4 Å². The van der Waals surface area contributed by atoms with Crippen LogP contribution >= 0.6 is 0 Å². The van der Waals surface area contributed by atoms with Crippen molar-refractivity contribution in [1.29, 1.82) is 0 Å². The third-order valence-electron chi connectivity index (χ3n) is 2.92. The number of aryl methyl sites for hydroxylation is 1. The Balaban J connectivity index is 2.89. The fraction of sp³-hybridized carbons (Fsp3) is 0.538. The van der Waals surface area contributed by atoms with E-state index in [0.717, 1.165) is 0 Å². The van der Waals surface area contributed by atoms with Gasteiger partial charge in [0.25, 0.3) is 5.91 Å². The molecule has 0 aromatic carbocycles. The fourth-order valence-corrected chi connectivity index (χ4v) is 1.86. The number of carboxylic acids is 1. The van der Waals surface area contributed by atoms with Gasteiger partial charge >= 0.3 is 5.97 Å². The lowest BCUT2D eigenvalue weighted by Gasteiger charge is -2.25. The van der Waals surface area contributed by atoms with E-state index in [1.807, 2.05) is 13.8 Å². The molecule has 100 valence electrons. The van der Waals surface area contributed by atoms with Crippen molar-refractivity contribution in [2.75, 3.05) is 0 Å². The molecule has 1 aromatic rings. The number of furan rings is 1. The minimum Gasteiger partial charge on any atom is -0.480 e. The molecule has 0 radical (unpaired) electrons. The maximum absolute atomic E-state index is 12.0. The number of carbonyl (C=O) groups excluding carboxylic acids is 1. The van der Waals surface area contributed by atoms with Gasteiger partial charge in [0.1, 0.15) is 11.3 Å². The highest BCUT2D eigenvalue weighted by Gasteiger charge is 2.34. The number of hydrogen-bond donors (Lipinski definition) is 2. The predicted octanol–water partition coefficient (Wildman–Crippen LogP) is 2.22. The van der Waals surface area contributed by atoms with Crippen LogP contribution in [-0.4, -0.2) is 22.5 Å². The molecule has 1 heterocycles. The van der Waals surface area contributed by atoms with Crippen molar-refractivity contribution in [2.24, 2.45) is 0 Å². The first-order chi connectivity index (χ1) is 8.44. The highest BCUT2D eigenvalue weighted by molar-refractivity contribution is 5.98. The summed E-state index contributed by atoms with van der Waals surface area (Å²) in [6.45, 7) is 5.27.